The summed E-state index contributed by atoms with van der Waals surface area (Å²) in [4.78, 5) is 26.9. The van der Waals surface area contributed by atoms with Gasteiger partial charge >= 0.3 is 5.97 Å². The lowest BCUT2D eigenvalue weighted by molar-refractivity contribution is -0.116. The molecule has 2 rings (SSSR count). The van der Waals surface area contributed by atoms with Crippen LogP contribution in [0.3, 0.4) is 0 Å². The molecule has 0 spiro atoms. The molecular formula is C12H13N3O4S. The van der Waals surface area contributed by atoms with E-state index in [4.69, 9.17) is 9.63 Å². The van der Waals surface area contributed by atoms with E-state index in [2.05, 4.69) is 15.5 Å². The van der Waals surface area contributed by atoms with Gasteiger partial charge in [0, 0.05) is 12.8 Å². The minimum absolute atomic E-state index is 0.195. The first kappa shape index (κ1) is 14.2. The molecule has 2 aromatic rings. The number of carbonyl (C=O) groups is 2. The Kier molecular flexibility index (Phi) is 4.14. The molecule has 106 valence electrons. The Morgan fingerprint density at radius 1 is 1.45 bits per heavy atom. The number of nitrogens with zero attached hydrogens (tertiary/aromatic N) is 2. The first-order chi connectivity index (χ1) is 9.45. The summed E-state index contributed by atoms with van der Waals surface area (Å²) in [6.07, 6.45) is 0.545. The van der Waals surface area contributed by atoms with Crippen LogP contribution in [0.4, 0.5) is 5.00 Å². The van der Waals surface area contributed by atoms with Crippen molar-refractivity contribution in [3.63, 3.8) is 0 Å². The van der Waals surface area contributed by atoms with E-state index >= 15 is 0 Å². The molecule has 1 amide bonds. The predicted molar refractivity (Wildman–Crippen MR) is 72.0 cm³/mol. The first-order valence-corrected chi connectivity index (χ1v) is 6.70. The van der Waals surface area contributed by atoms with Gasteiger partial charge in [0.25, 0.3) is 0 Å². The van der Waals surface area contributed by atoms with Crippen molar-refractivity contribution in [3.05, 3.63) is 28.2 Å². The molecule has 0 aliphatic heterocycles. The Hall–Kier alpha value is -2.22. The van der Waals surface area contributed by atoms with Gasteiger partial charge in [-0.3, -0.25) is 4.79 Å². The van der Waals surface area contributed by atoms with Gasteiger partial charge in [-0.15, -0.1) is 11.3 Å². The fourth-order valence-corrected chi connectivity index (χ4v) is 2.55. The van der Waals surface area contributed by atoms with Crippen LogP contribution < -0.4 is 5.32 Å². The maximum Gasteiger partial charge on any atom is 0.346 e. The molecule has 8 heteroatoms. The summed E-state index contributed by atoms with van der Waals surface area (Å²) in [7, 11) is 0. The normalized spacial score (nSPS) is 10.5. The van der Waals surface area contributed by atoms with Crippen molar-refractivity contribution < 1.29 is 19.2 Å². The highest BCUT2D eigenvalue weighted by Crippen LogP contribution is 2.26. The minimum atomic E-state index is -0.991. The van der Waals surface area contributed by atoms with Crippen LogP contribution in [0.5, 0.6) is 0 Å². The third-order valence-electron chi connectivity index (χ3n) is 2.51. The zero-order chi connectivity index (χ0) is 14.7. The van der Waals surface area contributed by atoms with E-state index in [1.807, 2.05) is 0 Å². The number of rotatable bonds is 5. The number of anilines is 1. The van der Waals surface area contributed by atoms with Crippen molar-refractivity contribution in [1.82, 2.24) is 10.1 Å². The number of carboxylic acid groups (broad SMARTS) is 1. The Morgan fingerprint density at radius 2 is 2.20 bits per heavy atom. The standard InChI is InChI=1S/C12H13N3O4S/c1-6-5-10(20-11(6)12(17)18)14-8(16)3-4-9-13-7(2)15-19-9/h5H,3-4H2,1-2H3,(H,14,16)(H,17,18). The van der Waals surface area contributed by atoms with Crippen molar-refractivity contribution in [1.29, 1.82) is 0 Å². The summed E-state index contributed by atoms with van der Waals surface area (Å²) in [5.74, 6) is -0.278. The number of aromatic nitrogens is 2. The zero-order valence-corrected chi connectivity index (χ0v) is 11.8. The van der Waals surface area contributed by atoms with Gasteiger partial charge in [0.2, 0.25) is 11.8 Å². The predicted octanol–water partition coefficient (Wildman–Crippen LogP) is 2.02. The molecule has 0 aliphatic carbocycles. The number of thiophene rings is 1. The van der Waals surface area contributed by atoms with Crippen LogP contribution in [0.15, 0.2) is 10.6 Å². The average molecular weight is 295 g/mol. The largest absolute Gasteiger partial charge is 0.477 e. The highest BCUT2D eigenvalue weighted by Gasteiger charge is 2.14. The minimum Gasteiger partial charge on any atom is -0.477 e. The van der Waals surface area contributed by atoms with Crippen molar-refractivity contribution >= 4 is 28.2 Å². The molecule has 20 heavy (non-hydrogen) atoms. The number of nitrogens with one attached hydrogen (secondary N) is 1. The quantitative estimate of drug-likeness (QED) is 0.874. The molecule has 0 radical (unpaired) electrons. The van der Waals surface area contributed by atoms with Crippen LogP contribution in [-0.2, 0) is 11.2 Å². The second-order valence-corrected chi connectivity index (χ2v) is 5.26. The van der Waals surface area contributed by atoms with Crippen LogP contribution >= 0.6 is 11.3 Å². The van der Waals surface area contributed by atoms with E-state index in [1.54, 1.807) is 19.9 Å². The number of amides is 1. The van der Waals surface area contributed by atoms with Crippen molar-refractivity contribution in [3.8, 4) is 0 Å². The molecule has 0 bridgehead atoms. The van der Waals surface area contributed by atoms with Gasteiger partial charge in [0.1, 0.15) is 4.88 Å². The van der Waals surface area contributed by atoms with Crippen molar-refractivity contribution in [2.24, 2.45) is 0 Å². The number of aromatic carboxylic acids is 1. The van der Waals surface area contributed by atoms with E-state index in [0.717, 1.165) is 11.3 Å². The number of hydrogen-bond acceptors (Lipinski definition) is 6. The molecule has 7 nitrogen and oxygen atoms in total. The van der Waals surface area contributed by atoms with Crippen LogP contribution in [0, 0.1) is 13.8 Å². The maximum atomic E-state index is 11.7. The van der Waals surface area contributed by atoms with Crippen LogP contribution in [-0.4, -0.2) is 27.1 Å². The fraction of sp³-hybridized carbons (Fsp3) is 0.333. The lowest BCUT2D eigenvalue weighted by Gasteiger charge is -1.99. The summed E-state index contributed by atoms with van der Waals surface area (Å²) >= 11 is 1.04. The second-order valence-electron chi connectivity index (χ2n) is 4.21. The van der Waals surface area contributed by atoms with E-state index in [9.17, 15) is 9.59 Å². The average Bonchev–Trinajstić information content (AvgIpc) is 2.93. The maximum absolute atomic E-state index is 11.7. The van der Waals surface area contributed by atoms with Crippen molar-refractivity contribution in [2.45, 2.75) is 26.7 Å². The summed E-state index contributed by atoms with van der Waals surface area (Å²) < 4.78 is 4.90. The molecule has 0 fully saturated rings. The number of aryl methyl sites for hydroxylation is 3. The molecule has 0 saturated heterocycles. The second kappa shape index (κ2) is 5.83. The summed E-state index contributed by atoms with van der Waals surface area (Å²) in [5.41, 5.74) is 0.630. The molecule has 2 aromatic heterocycles. The summed E-state index contributed by atoms with van der Waals surface area (Å²) in [6, 6.07) is 1.64. The molecule has 2 heterocycles. The van der Waals surface area contributed by atoms with Gasteiger partial charge in [-0.05, 0) is 25.5 Å². The van der Waals surface area contributed by atoms with Crippen LogP contribution in [0.1, 0.15) is 33.4 Å². The van der Waals surface area contributed by atoms with Gasteiger partial charge in [0.05, 0.1) is 5.00 Å². The highest BCUT2D eigenvalue weighted by molar-refractivity contribution is 7.18. The van der Waals surface area contributed by atoms with Gasteiger partial charge in [-0.1, -0.05) is 5.16 Å². The van der Waals surface area contributed by atoms with E-state index < -0.39 is 5.97 Å². The van der Waals surface area contributed by atoms with Gasteiger partial charge in [0.15, 0.2) is 5.82 Å². The monoisotopic (exact) mass is 295 g/mol. The Morgan fingerprint density at radius 3 is 2.75 bits per heavy atom. The highest BCUT2D eigenvalue weighted by atomic mass is 32.1. The lowest BCUT2D eigenvalue weighted by atomic mass is 10.3. The Labute approximate surface area is 118 Å². The third-order valence-corrected chi connectivity index (χ3v) is 3.65. The lowest BCUT2D eigenvalue weighted by Crippen LogP contribution is -2.11. The van der Waals surface area contributed by atoms with E-state index in [1.165, 1.54) is 0 Å². The number of hydrogen-bond donors (Lipinski definition) is 2. The summed E-state index contributed by atoms with van der Waals surface area (Å²) in [6.45, 7) is 3.39. The van der Waals surface area contributed by atoms with Gasteiger partial charge < -0.3 is 14.9 Å². The van der Waals surface area contributed by atoms with E-state index in [-0.39, 0.29) is 17.2 Å². The van der Waals surface area contributed by atoms with Gasteiger partial charge in [-0.2, -0.15) is 4.98 Å². The molecule has 0 aromatic carbocycles. The molecule has 2 N–H and O–H groups in total. The first-order valence-electron chi connectivity index (χ1n) is 5.88. The van der Waals surface area contributed by atoms with E-state index in [0.29, 0.717) is 28.7 Å². The Bertz CT molecular complexity index is 647. The fourth-order valence-electron chi connectivity index (χ4n) is 1.62. The Balaban J connectivity index is 1.91. The molecule has 0 atom stereocenters. The van der Waals surface area contributed by atoms with Crippen LogP contribution in [0.2, 0.25) is 0 Å². The topological polar surface area (TPSA) is 105 Å². The number of carboxylic acids is 1. The third kappa shape index (κ3) is 3.41. The molecule has 0 unspecified atom stereocenters. The van der Waals surface area contributed by atoms with Gasteiger partial charge in [-0.25, -0.2) is 4.79 Å². The zero-order valence-electron chi connectivity index (χ0n) is 11.0. The molecule has 0 saturated carbocycles. The summed E-state index contributed by atoms with van der Waals surface area (Å²) in [5, 5.41) is 15.8. The smallest absolute Gasteiger partial charge is 0.346 e. The van der Waals surface area contributed by atoms with Crippen LogP contribution in [0.25, 0.3) is 0 Å². The molecular weight excluding hydrogens is 282 g/mol. The SMILES string of the molecule is Cc1noc(CCC(=O)Nc2cc(C)c(C(=O)O)s2)n1. The molecule has 0 aliphatic rings. The number of carbonyl (C=O) groups excluding carboxylic acids is 1. The van der Waals surface area contributed by atoms with Crippen molar-refractivity contribution in [2.75, 3.05) is 5.32 Å².